The normalized spacial score (nSPS) is 11.1. The molecule has 4 aromatic rings. The van der Waals surface area contributed by atoms with Crippen LogP contribution >= 0.6 is 0 Å². The summed E-state index contributed by atoms with van der Waals surface area (Å²) in [5.74, 6) is 0.990. The molecule has 0 bridgehead atoms. The van der Waals surface area contributed by atoms with Crippen molar-refractivity contribution in [3.05, 3.63) is 89.1 Å². The van der Waals surface area contributed by atoms with Crippen molar-refractivity contribution in [2.75, 3.05) is 0 Å². The highest BCUT2D eigenvalue weighted by molar-refractivity contribution is 5.76. The van der Waals surface area contributed by atoms with Crippen molar-refractivity contribution in [1.29, 1.82) is 0 Å². The van der Waals surface area contributed by atoms with E-state index in [1.807, 2.05) is 6.07 Å². The molecule has 0 radical (unpaired) electrons. The second kappa shape index (κ2) is 6.58. The molecule has 0 fully saturated rings. The van der Waals surface area contributed by atoms with Crippen LogP contribution in [0, 0.1) is 34.6 Å². The Morgan fingerprint density at radius 2 is 1.41 bits per heavy atom. The Morgan fingerprint density at radius 3 is 2.15 bits per heavy atom. The van der Waals surface area contributed by atoms with Gasteiger partial charge in [-0.25, -0.2) is 0 Å². The van der Waals surface area contributed by atoms with Crippen molar-refractivity contribution >= 4 is 10.9 Å². The van der Waals surface area contributed by atoms with E-state index in [1.54, 1.807) is 0 Å². The van der Waals surface area contributed by atoms with Crippen LogP contribution in [-0.4, -0.2) is 4.98 Å². The third-order valence-corrected chi connectivity index (χ3v) is 5.27. The Labute approximate surface area is 160 Å². The van der Waals surface area contributed by atoms with Crippen molar-refractivity contribution in [2.45, 2.75) is 34.6 Å². The molecule has 2 aromatic carbocycles. The van der Waals surface area contributed by atoms with Gasteiger partial charge in [-0.3, -0.25) is 0 Å². The number of nitrogens with zero attached hydrogens (tertiary/aromatic N) is 3. The first-order chi connectivity index (χ1) is 13.0. The van der Waals surface area contributed by atoms with Gasteiger partial charge in [0.05, 0.1) is 10.9 Å². The van der Waals surface area contributed by atoms with Crippen LogP contribution in [0.2, 0.25) is 0 Å². The van der Waals surface area contributed by atoms with E-state index >= 15 is 0 Å². The molecule has 0 aliphatic heterocycles. The average Bonchev–Trinajstić information content (AvgIpc) is 2.63. The first-order valence-electron chi connectivity index (χ1n) is 9.34. The summed E-state index contributed by atoms with van der Waals surface area (Å²) >= 11 is 0. The van der Waals surface area contributed by atoms with Crippen LogP contribution in [0.1, 0.15) is 28.2 Å². The first-order valence-corrected chi connectivity index (χ1v) is 9.34. The van der Waals surface area contributed by atoms with E-state index in [9.17, 15) is 0 Å². The maximum atomic E-state index is 4.83. The third-order valence-electron chi connectivity index (χ3n) is 5.27. The molecule has 2 heterocycles. The number of pyridine rings is 1. The topological polar surface area (TPSA) is 20.6 Å². The largest absolute Gasteiger partial charge is 0.301 e. The molecule has 2 aromatic heterocycles. The van der Waals surface area contributed by atoms with E-state index in [-0.39, 0.29) is 0 Å². The average molecular weight is 355 g/mol. The summed E-state index contributed by atoms with van der Waals surface area (Å²) in [6.45, 7) is 10.8. The van der Waals surface area contributed by atoms with E-state index in [0.29, 0.717) is 0 Å². The maximum absolute atomic E-state index is 4.83. The number of aryl methyl sites for hydroxylation is 4. The molecular formula is C24H25N3+2. The van der Waals surface area contributed by atoms with Crippen LogP contribution in [-0.2, 0) is 0 Å². The smallest absolute Gasteiger partial charge is 0.199 e. The van der Waals surface area contributed by atoms with E-state index in [2.05, 4.69) is 98.6 Å². The predicted molar refractivity (Wildman–Crippen MR) is 108 cm³/mol. The molecule has 0 atom stereocenters. The summed E-state index contributed by atoms with van der Waals surface area (Å²) in [4.78, 5) is 4.83. The Kier molecular flexibility index (Phi) is 4.23. The van der Waals surface area contributed by atoms with E-state index in [1.165, 1.54) is 33.8 Å². The van der Waals surface area contributed by atoms with Gasteiger partial charge in [-0.1, -0.05) is 18.2 Å². The fraction of sp³-hybridized carbons (Fsp3) is 0.208. The van der Waals surface area contributed by atoms with Crippen LogP contribution in [0.15, 0.2) is 60.9 Å². The molecule has 0 saturated carbocycles. The minimum atomic E-state index is 0.990. The lowest BCUT2D eigenvalue weighted by molar-refractivity contribution is -0.613. The second-order valence-electron chi connectivity index (χ2n) is 7.26. The van der Waals surface area contributed by atoms with Gasteiger partial charge in [0.1, 0.15) is 11.9 Å². The minimum Gasteiger partial charge on any atom is -0.199 e. The van der Waals surface area contributed by atoms with Crippen molar-refractivity contribution in [3.8, 4) is 11.4 Å². The zero-order chi connectivity index (χ0) is 19.1. The maximum Gasteiger partial charge on any atom is 0.301 e. The quantitative estimate of drug-likeness (QED) is 0.490. The Bertz CT molecular complexity index is 1180. The second-order valence-corrected chi connectivity index (χ2v) is 7.26. The zero-order valence-electron chi connectivity index (χ0n) is 16.6. The first kappa shape index (κ1) is 17.3. The lowest BCUT2D eigenvalue weighted by atomic mass is 10.0. The molecule has 27 heavy (non-hydrogen) atoms. The van der Waals surface area contributed by atoms with Crippen molar-refractivity contribution in [2.24, 2.45) is 0 Å². The van der Waals surface area contributed by atoms with Crippen molar-refractivity contribution in [3.63, 3.8) is 0 Å². The van der Waals surface area contributed by atoms with E-state index in [4.69, 9.17) is 4.98 Å². The fourth-order valence-corrected chi connectivity index (χ4v) is 4.07. The van der Waals surface area contributed by atoms with Gasteiger partial charge in [-0.2, -0.15) is 9.13 Å². The summed E-state index contributed by atoms with van der Waals surface area (Å²) in [6.07, 6.45) is 4.34. The van der Waals surface area contributed by atoms with E-state index < -0.39 is 0 Å². The van der Waals surface area contributed by atoms with Gasteiger partial charge < -0.3 is 0 Å². The predicted octanol–water partition coefficient (Wildman–Crippen LogP) is 4.33. The summed E-state index contributed by atoms with van der Waals surface area (Å²) in [5.41, 5.74) is 8.50. The molecule has 134 valence electrons. The number of hydrogen-bond acceptors (Lipinski definition) is 1. The number of para-hydroxylation sites is 1. The van der Waals surface area contributed by atoms with Crippen LogP contribution in [0.5, 0.6) is 0 Å². The highest BCUT2D eigenvalue weighted by Gasteiger charge is 2.25. The number of fused-ring (bicyclic) bond motifs is 1. The molecule has 4 rings (SSSR count). The van der Waals surface area contributed by atoms with Gasteiger partial charge in [0, 0.05) is 31.5 Å². The number of aromatic nitrogens is 3. The monoisotopic (exact) mass is 355 g/mol. The molecule has 0 N–H and O–H groups in total. The lowest BCUT2D eigenvalue weighted by Crippen LogP contribution is -2.41. The molecule has 0 aliphatic rings. The highest BCUT2D eigenvalue weighted by atomic mass is 15.1. The number of benzene rings is 2. The molecular weight excluding hydrogens is 330 g/mol. The Morgan fingerprint density at radius 1 is 0.741 bits per heavy atom. The Hall–Kier alpha value is -3.07. The zero-order valence-corrected chi connectivity index (χ0v) is 16.6. The molecule has 0 unspecified atom stereocenters. The molecule has 0 spiro atoms. The van der Waals surface area contributed by atoms with Crippen molar-refractivity contribution < 1.29 is 9.13 Å². The van der Waals surface area contributed by atoms with Gasteiger partial charge in [0.2, 0.25) is 5.69 Å². The summed E-state index contributed by atoms with van der Waals surface area (Å²) < 4.78 is 4.51. The lowest BCUT2D eigenvalue weighted by Gasteiger charge is -2.13. The molecule has 3 heteroatoms. The van der Waals surface area contributed by atoms with Crippen LogP contribution < -0.4 is 9.13 Å². The summed E-state index contributed by atoms with van der Waals surface area (Å²) in [7, 11) is 0. The fourth-order valence-electron chi connectivity index (χ4n) is 4.07. The summed E-state index contributed by atoms with van der Waals surface area (Å²) in [6, 6.07) is 16.9. The highest BCUT2D eigenvalue weighted by Crippen LogP contribution is 2.24. The number of hydrogen-bond donors (Lipinski definition) is 0. The SMILES string of the molecule is Cc1cc(C)c(-[n+]2cc3ccccc3nc2C)c(C)c1-[n+]1ccccc1C. The van der Waals surface area contributed by atoms with Crippen LogP contribution in [0.4, 0.5) is 0 Å². The van der Waals surface area contributed by atoms with Gasteiger partial charge in [-0.15, -0.1) is 0 Å². The van der Waals surface area contributed by atoms with E-state index in [0.717, 1.165) is 16.7 Å². The van der Waals surface area contributed by atoms with Crippen molar-refractivity contribution in [1.82, 2.24) is 4.98 Å². The van der Waals surface area contributed by atoms with Gasteiger partial charge in [0.15, 0.2) is 17.4 Å². The molecule has 0 amide bonds. The number of rotatable bonds is 2. The Balaban J connectivity index is 2.04. The molecule has 3 nitrogen and oxygen atoms in total. The van der Waals surface area contributed by atoms with Gasteiger partial charge >= 0.3 is 5.82 Å². The van der Waals surface area contributed by atoms with Crippen LogP contribution in [0.25, 0.3) is 22.3 Å². The molecule has 0 aliphatic carbocycles. The van der Waals surface area contributed by atoms with Gasteiger partial charge in [0.25, 0.3) is 0 Å². The standard InChI is InChI=1S/C24H25N3/c1-16-14-17(2)24(19(4)23(16)26-13-9-8-10-18(26)3)27-15-21-11-6-7-12-22(21)25-20(27)5/h6-15H,1-5H3/q+2. The third kappa shape index (κ3) is 2.89. The minimum absolute atomic E-state index is 0.990. The molecule has 0 saturated heterocycles. The van der Waals surface area contributed by atoms with Crippen LogP contribution in [0.3, 0.4) is 0 Å². The van der Waals surface area contributed by atoms with Gasteiger partial charge in [-0.05, 0) is 49.5 Å². The summed E-state index contributed by atoms with van der Waals surface area (Å²) in [5, 5.41) is 1.15.